The molecule has 184 valence electrons. The van der Waals surface area contributed by atoms with Gasteiger partial charge in [0.25, 0.3) is 0 Å². The highest BCUT2D eigenvalue weighted by molar-refractivity contribution is 7.18. The van der Waals surface area contributed by atoms with Crippen molar-refractivity contribution < 1.29 is 13.9 Å². The zero-order chi connectivity index (χ0) is 25.4. The van der Waals surface area contributed by atoms with Crippen molar-refractivity contribution in [3.05, 3.63) is 48.0 Å². The molecule has 0 saturated carbocycles. The number of aromatic nitrogens is 5. The van der Waals surface area contributed by atoms with Gasteiger partial charge in [0.15, 0.2) is 5.01 Å². The van der Waals surface area contributed by atoms with Crippen LogP contribution < -0.4 is 4.90 Å². The molecule has 1 fully saturated rings. The van der Waals surface area contributed by atoms with Crippen molar-refractivity contribution >= 4 is 28.1 Å². The summed E-state index contributed by atoms with van der Waals surface area (Å²) in [6.45, 7) is 7.69. The second-order valence-corrected chi connectivity index (χ2v) is 10.3. The summed E-state index contributed by atoms with van der Waals surface area (Å²) in [5.74, 6) is -0.471. The Bertz CT molecular complexity index is 1480. The maximum atomic E-state index is 15.1. The van der Waals surface area contributed by atoms with Crippen LogP contribution in [-0.4, -0.2) is 67.6 Å². The Kier molecular flexibility index (Phi) is 6.01. The fraction of sp³-hybridized carbons (Fsp3) is 0.333. The Hall–Kier alpha value is -4.11. The molecule has 0 aliphatic carbocycles. The summed E-state index contributed by atoms with van der Waals surface area (Å²) in [5, 5.41) is 22.8. The van der Waals surface area contributed by atoms with Gasteiger partial charge >= 0.3 is 6.09 Å². The fourth-order valence-corrected chi connectivity index (χ4v) is 4.75. The first kappa shape index (κ1) is 23.6. The van der Waals surface area contributed by atoms with Gasteiger partial charge in [-0.15, -0.1) is 10.2 Å². The molecule has 36 heavy (non-hydrogen) atoms. The van der Waals surface area contributed by atoms with E-state index in [9.17, 15) is 4.79 Å². The predicted octanol–water partition coefficient (Wildman–Crippen LogP) is 3.98. The number of halogens is 1. The van der Waals surface area contributed by atoms with E-state index in [4.69, 9.17) is 10.00 Å². The van der Waals surface area contributed by atoms with Gasteiger partial charge < -0.3 is 14.5 Å². The molecule has 10 nitrogen and oxygen atoms in total. The summed E-state index contributed by atoms with van der Waals surface area (Å²) in [4.78, 5) is 20.4. The summed E-state index contributed by atoms with van der Waals surface area (Å²) in [5.41, 5.74) is 1.91. The lowest BCUT2D eigenvalue weighted by Crippen LogP contribution is -2.50. The Morgan fingerprint density at radius 1 is 1.14 bits per heavy atom. The van der Waals surface area contributed by atoms with Crippen LogP contribution in [0.3, 0.4) is 0 Å². The number of hydrogen-bond acceptors (Lipinski definition) is 9. The summed E-state index contributed by atoms with van der Waals surface area (Å²) >= 11 is 1.28. The van der Waals surface area contributed by atoms with E-state index in [-0.39, 0.29) is 11.7 Å². The molecular weight excluding hydrogens is 483 g/mol. The molecule has 0 atom stereocenters. The molecule has 0 aromatic carbocycles. The number of anilines is 1. The van der Waals surface area contributed by atoms with Gasteiger partial charge in [-0.1, -0.05) is 11.3 Å². The third kappa shape index (κ3) is 4.70. The highest BCUT2D eigenvalue weighted by atomic mass is 32.1. The van der Waals surface area contributed by atoms with Crippen LogP contribution in [0.5, 0.6) is 0 Å². The first-order chi connectivity index (χ1) is 17.2. The number of nitrogens with zero attached hydrogens (tertiary/aromatic N) is 8. The third-order valence-electron chi connectivity index (χ3n) is 5.59. The lowest BCUT2D eigenvalue weighted by molar-refractivity contribution is 0.0240. The van der Waals surface area contributed by atoms with Crippen LogP contribution in [0.1, 0.15) is 26.3 Å². The lowest BCUT2D eigenvalue weighted by atomic mass is 10.2. The van der Waals surface area contributed by atoms with Gasteiger partial charge in [-0.3, -0.25) is 4.98 Å². The number of ether oxygens (including phenoxy) is 1. The van der Waals surface area contributed by atoms with E-state index >= 15 is 4.39 Å². The van der Waals surface area contributed by atoms with E-state index in [1.807, 2.05) is 25.7 Å². The number of amides is 1. The molecule has 1 aliphatic rings. The predicted molar refractivity (Wildman–Crippen MR) is 132 cm³/mol. The molecule has 0 bridgehead atoms. The zero-order valence-electron chi connectivity index (χ0n) is 20.0. The second kappa shape index (κ2) is 9.16. The Labute approximate surface area is 210 Å². The SMILES string of the molecule is CC(C)(C)OC(=O)N1CCN(c2nnc(-c3cnc(-c4ccc5cc(C#N)cnn45)cc3F)s2)CC1. The first-order valence-electron chi connectivity index (χ1n) is 11.3. The minimum atomic E-state index is -0.540. The molecule has 4 aromatic heterocycles. The van der Waals surface area contributed by atoms with Crippen molar-refractivity contribution in [3.8, 4) is 28.0 Å². The minimum absolute atomic E-state index is 0.260. The molecule has 5 heterocycles. The molecule has 12 heteroatoms. The topological polar surface area (TPSA) is 113 Å². The minimum Gasteiger partial charge on any atom is -0.444 e. The van der Waals surface area contributed by atoms with Gasteiger partial charge in [0, 0.05) is 38.4 Å². The number of pyridine rings is 1. The molecule has 4 aromatic rings. The van der Waals surface area contributed by atoms with Crippen molar-refractivity contribution in [2.75, 3.05) is 31.1 Å². The van der Waals surface area contributed by atoms with Gasteiger partial charge in [-0.25, -0.2) is 13.7 Å². The molecule has 1 amide bonds. The number of hydrogen-bond donors (Lipinski definition) is 0. The molecule has 0 spiro atoms. The number of nitriles is 1. The standard InChI is InChI=1S/C24H23FN8O2S/c1-24(2,3)35-23(34)32-8-6-31(7-9-32)22-30-29-21(36-22)17-14-27-19(11-18(17)25)20-5-4-16-10-15(12-26)13-28-33(16)20/h4-5,10-11,13-14H,6-9H2,1-3H3. The van der Waals surface area contributed by atoms with E-state index in [0.29, 0.717) is 53.3 Å². The number of rotatable bonds is 3. The first-order valence-corrected chi connectivity index (χ1v) is 12.1. The molecule has 1 saturated heterocycles. The van der Waals surface area contributed by atoms with Crippen molar-refractivity contribution in [2.45, 2.75) is 26.4 Å². The van der Waals surface area contributed by atoms with Crippen molar-refractivity contribution in [1.82, 2.24) is 29.7 Å². The van der Waals surface area contributed by atoms with Crippen LogP contribution in [0.4, 0.5) is 14.3 Å². The fourth-order valence-electron chi connectivity index (χ4n) is 3.84. The number of carbonyl (C=O) groups is 1. The van der Waals surface area contributed by atoms with Crippen molar-refractivity contribution in [2.24, 2.45) is 0 Å². The number of fused-ring (bicyclic) bond motifs is 1. The highest BCUT2D eigenvalue weighted by Gasteiger charge is 2.27. The van der Waals surface area contributed by atoms with Crippen molar-refractivity contribution in [3.63, 3.8) is 0 Å². The Morgan fingerprint density at radius 3 is 2.61 bits per heavy atom. The quantitative estimate of drug-likeness (QED) is 0.410. The van der Waals surface area contributed by atoms with Gasteiger partial charge in [0.1, 0.15) is 17.5 Å². The molecule has 0 unspecified atom stereocenters. The third-order valence-corrected chi connectivity index (χ3v) is 6.61. The van der Waals surface area contributed by atoms with Crippen molar-refractivity contribution in [1.29, 1.82) is 5.26 Å². The van der Waals surface area contributed by atoms with E-state index in [0.717, 1.165) is 5.52 Å². The maximum absolute atomic E-state index is 15.1. The average Bonchev–Trinajstić information content (AvgIpc) is 3.50. The van der Waals surface area contributed by atoms with E-state index < -0.39 is 11.4 Å². The zero-order valence-corrected chi connectivity index (χ0v) is 20.8. The van der Waals surface area contributed by atoms with Gasteiger partial charge in [0.05, 0.1) is 34.2 Å². The number of piperazine rings is 1. The summed E-state index contributed by atoms with van der Waals surface area (Å²) in [7, 11) is 0. The molecule has 0 N–H and O–H groups in total. The maximum Gasteiger partial charge on any atom is 0.410 e. The average molecular weight is 507 g/mol. The van der Waals surface area contributed by atoms with Crippen LogP contribution in [0, 0.1) is 17.1 Å². The van der Waals surface area contributed by atoms with Crippen LogP contribution in [0.2, 0.25) is 0 Å². The van der Waals surface area contributed by atoms with Crippen LogP contribution in [-0.2, 0) is 4.74 Å². The van der Waals surface area contributed by atoms with Crippen LogP contribution in [0.25, 0.3) is 27.5 Å². The van der Waals surface area contributed by atoms with Gasteiger partial charge in [0.2, 0.25) is 5.13 Å². The molecular formula is C24H23FN8O2S. The smallest absolute Gasteiger partial charge is 0.410 e. The molecule has 0 radical (unpaired) electrons. The summed E-state index contributed by atoms with van der Waals surface area (Å²) in [6, 6.07) is 8.69. The monoisotopic (exact) mass is 506 g/mol. The second-order valence-electron chi connectivity index (χ2n) is 9.30. The number of carbonyl (C=O) groups excluding carboxylic acids is 1. The van der Waals surface area contributed by atoms with Crippen LogP contribution >= 0.6 is 11.3 Å². The van der Waals surface area contributed by atoms with Gasteiger partial charge in [-0.05, 0) is 39.0 Å². The Balaban J connectivity index is 1.30. The lowest BCUT2D eigenvalue weighted by Gasteiger charge is -2.35. The normalized spacial score (nSPS) is 14.2. The largest absolute Gasteiger partial charge is 0.444 e. The molecule has 5 rings (SSSR count). The highest BCUT2D eigenvalue weighted by Crippen LogP contribution is 2.32. The molecule has 1 aliphatic heterocycles. The van der Waals surface area contributed by atoms with E-state index in [1.54, 1.807) is 27.6 Å². The van der Waals surface area contributed by atoms with Gasteiger partial charge in [-0.2, -0.15) is 10.4 Å². The Morgan fingerprint density at radius 2 is 1.92 bits per heavy atom. The van der Waals surface area contributed by atoms with Crippen LogP contribution in [0.15, 0.2) is 36.7 Å². The summed E-state index contributed by atoms with van der Waals surface area (Å²) < 4.78 is 22.2. The van der Waals surface area contributed by atoms with E-state index in [2.05, 4.69) is 26.3 Å². The van der Waals surface area contributed by atoms with E-state index in [1.165, 1.54) is 29.8 Å². The summed E-state index contributed by atoms with van der Waals surface area (Å²) in [6.07, 6.45) is 2.57.